The molecule has 0 saturated carbocycles. The lowest BCUT2D eigenvalue weighted by Crippen LogP contribution is -2.19. The third kappa shape index (κ3) is 4.98. The van der Waals surface area contributed by atoms with Gasteiger partial charge in [-0.05, 0) is 24.6 Å². The summed E-state index contributed by atoms with van der Waals surface area (Å²) in [4.78, 5) is 0. The molecule has 1 aromatic rings. The molecule has 2 nitrogen and oxygen atoms in total. The molecule has 4 heteroatoms. The van der Waals surface area contributed by atoms with E-state index in [-0.39, 0.29) is 0 Å². The SMILES string of the molecule is CCOCCNCc1ccc(Cl)cc1Br. The second-order valence-electron chi connectivity index (χ2n) is 3.11. The van der Waals surface area contributed by atoms with Crippen molar-refractivity contribution in [2.75, 3.05) is 19.8 Å². The zero-order chi connectivity index (χ0) is 11.1. The van der Waals surface area contributed by atoms with Gasteiger partial charge in [0.15, 0.2) is 0 Å². The molecule has 0 heterocycles. The number of halogens is 2. The van der Waals surface area contributed by atoms with Crippen LogP contribution in [0.5, 0.6) is 0 Å². The van der Waals surface area contributed by atoms with E-state index in [9.17, 15) is 0 Å². The predicted molar refractivity (Wildman–Crippen MR) is 67.4 cm³/mol. The van der Waals surface area contributed by atoms with Crippen LogP contribution in [0.1, 0.15) is 12.5 Å². The predicted octanol–water partition coefficient (Wildman–Crippen LogP) is 3.23. The van der Waals surface area contributed by atoms with Crippen LogP contribution in [0, 0.1) is 0 Å². The topological polar surface area (TPSA) is 21.3 Å². The molecule has 0 bridgehead atoms. The number of benzene rings is 1. The van der Waals surface area contributed by atoms with Crippen molar-refractivity contribution in [3.63, 3.8) is 0 Å². The second-order valence-corrected chi connectivity index (χ2v) is 4.40. The van der Waals surface area contributed by atoms with Crippen molar-refractivity contribution in [1.29, 1.82) is 0 Å². The Morgan fingerprint density at radius 2 is 2.27 bits per heavy atom. The van der Waals surface area contributed by atoms with Gasteiger partial charge in [-0.2, -0.15) is 0 Å². The van der Waals surface area contributed by atoms with Crippen molar-refractivity contribution in [3.05, 3.63) is 33.3 Å². The van der Waals surface area contributed by atoms with Crippen LogP contribution in [0.4, 0.5) is 0 Å². The van der Waals surface area contributed by atoms with Crippen LogP contribution >= 0.6 is 27.5 Å². The van der Waals surface area contributed by atoms with Crippen molar-refractivity contribution in [1.82, 2.24) is 5.32 Å². The van der Waals surface area contributed by atoms with E-state index in [1.807, 2.05) is 25.1 Å². The number of hydrogen-bond donors (Lipinski definition) is 1. The Labute approximate surface area is 104 Å². The van der Waals surface area contributed by atoms with Crippen LogP contribution in [0.2, 0.25) is 5.02 Å². The Balaban J connectivity index is 2.31. The van der Waals surface area contributed by atoms with Crippen molar-refractivity contribution in [3.8, 4) is 0 Å². The molecule has 15 heavy (non-hydrogen) atoms. The van der Waals surface area contributed by atoms with Crippen molar-refractivity contribution < 1.29 is 4.74 Å². The molecule has 0 aliphatic heterocycles. The van der Waals surface area contributed by atoms with E-state index >= 15 is 0 Å². The van der Waals surface area contributed by atoms with Gasteiger partial charge in [-0.15, -0.1) is 0 Å². The van der Waals surface area contributed by atoms with Gasteiger partial charge in [0.1, 0.15) is 0 Å². The summed E-state index contributed by atoms with van der Waals surface area (Å²) in [6, 6.07) is 5.81. The maximum Gasteiger partial charge on any atom is 0.0590 e. The molecule has 0 unspecified atom stereocenters. The van der Waals surface area contributed by atoms with Crippen LogP contribution in [0.15, 0.2) is 22.7 Å². The van der Waals surface area contributed by atoms with Crippen molar-refractivity contribution in [2.45, 2.75) is 13.5 Å². The van der Waals surface area contributed by atoms with Crippen molar-refractivity contribution in [2.24, 2.45) is 0 Å². The smallest absolute Gasteiger partial charge is 0.0590 e. The van der Waals surface area contributed by atoms with E-state index in [4.69, 9.17) is 16.3 Å². The summed E-state index contributed by atoms with van der Waals surface area (Å²) in [5.41, 5.74) is 1.20. The first-order valence-corrected chi connectivity index (χ1v) is 6.13. The van der Waals surface area contributed by atoms with Crippen LogP contribution in [0.3, 0.4) is 0 Å². The minimum absolute atomic E-state index is 0.750. The Hall–Kier alpha value is -0.0900. The monoisotopic (exact) mass is 291 g/mol. The van der Waals surface area contributed by atoms with E-state index in [0.717, 1.165) is 35.8 Å². The summed E-state index contributed by atoms with van der Waals surface area (Å²) in [6.07, 6.45) is 0. The van der Waals surface area contributed by atoms with Gasteiger partial charge >= 0.3 is 0 Å². The van der Waals surface area contributed by atoms with Gasteiger partial charge in [0, 0.05) is 29.2 Å². The summed E-state index contributed by atoms with van der Waals surface area (Å²) in [5, 5.41) is 4.05. The highest BCUT2D eigenvalue weighted by Gasteiger charge is 1.99. The molecular weight excluding hydrogens is 277 g/mol. The van der Waals surface area contributed by atoms with Gasteiger partial charge in [-0.3, -0.25) is 0 Å². The molecule has 0 aliphatic carbocycles. The molecule has 0 radical (unpaired) electrons. The van der Waals surface area contributed by atoms with E-state index in [1.165, 1.54) is 5.56 Å². The molecule has 0 atom stereocenters. The van der Waals surface area contributed by atoms with E-state index in [0.29, 0.717) is 0 Å². The Kier molecular flexibility index (Phi) is 6.25. The first-order chi connectivity index (χ1) is 7.24. The van der Waals surface area contributed by atoms with Gasteiger partial charge in [-0.25, -0.2) is 0 Å². The summed E-state index contributed by atoms with van der Waals surface area (Å²) in [6.45, 7) is 5.21. The standard InChI is InChI=1S/C11H15BrClNO/c1-2-15-6-5-14-8-9-3-4-10(13)7-11(9)12/h3-4,7,14H,2,5-6,8H2,1H3. The highest BCUT2D eigenvalue weighted by atomic mass is 79.9. The van der Waals surface area contributed by atoms with E-state index < -0.39 is 0 Å². The van der Waals surface area contributed by atoms with E-state index in [1.54, 1.807) is 0 Å². The maximum absolute atomic E-state index is 5.85. The average molecular weight is 293 g/mol. The summed E-state index contributed by atoms with van der Waals surface area (Å²) in [5.74, 6) is 0. The van der Waals surface area contributed by atoms with Crippen LogP contribution in [-0.4, -0.2) is 19.8 Å². The molecule has 0 amide bonds. The molecule has 0 fully saturated rings. The van der Waals surface area contributed by atoms with Gasteiger partial charge in [0.25, 0.3) is 0 Å². The van der Waals surface area contributed by atoms with Crippen LogP contribution < -0.4 is 5.32 Å². The highest BCUT2D eigenvalue weighted by Crippen LogP contribution is 2.21. The normalized spacial score (nSPS) is 10.6. The minimum Gasteiger partial charge on any atom is -0.380 e. The van der Waals surface area contributed by atoms with Gasteiger partial charge < -0.3 is 10.1 Å². The van der Waals surface area contributed by atoms with Gasteiger partial charge in [0.05, 0.1) is 6.61 Å². The molecular formula is C11H15BrClNO. The molecule has 0 aromatic heterocycles. The largest absolute Gasteiger partial charge is 0.380 e. The molecule has 1 N–H and O–H groups in total. The number of hydrogen-bond acceptors (Lipinski definition) is 2. The van der Waals surface area contributed by atoms with Crippen molar-refractivity contribution >= 4 is 27.5 Å². The lowest BCUT2D eigenvalue weighted by Gasteiger charge is -2.07. The molecule has 1 aromatic carbocycles. The quantitative estimate of drug-likeness (QED) is 0.813. The second kappa shape index (κ2) is 7.23. The summed E-state index contributed by atoms with van der Waals surface area (Å²) < 4.78 is 6.27. The Morgan fingerprint density at radius 1 is 1.47 bits per heavy atom. The zero-order valence-corrected chi connectivity index (χ0v) is 11.1. The highest BCUT2D eigenvalue weighted by molar-refractivity contribution is 9.10. The number of nitrogens with one attached hydrogen (secondary N) is 1. The molecule has 0 spiro atoms. The lowest BCUT2D eigenvalue weighted by atomic mass is 10.2. The first-order valence-electron chi connectivity index (χ1n) is 4.96. The number of rotatable bonds is 6. The third-order valence-corrected chi connectivity index (χ3v) is 2.93. The minimum atomic E-state index is 0.750. The summed E-state index contributed by atoms with van der Waals surface area (Å²) >= 11 is 9.32. The Morgan fingerprint density at radius 3 is 2.93 bits per heavy atom. The third-order valence-electron chi connectivity index (χ3n) is 1.96. The van der Waals surface area contributed by atoms with Crippen LogP contribution in [-0.2, 0) is 11.3 Å². The molecule has 0 saturated heterocycles. The van der Waals surface area contributed by atoms with Gasteiger partial charge in [0.2, 0.25) is 0 Å². The average Bonchev–Trinajstić information content (AvgIpc) is 2.20. The molecule has 84 valence electrons. The molecule has 1 rings (SSSR count). The summed E-state index contributed by atoms with van der Waals surface area (Å²) in [7, 11) is 0. The van der Waals surface area contributed by atoms with Gasteiger partial charge in [-0.1, -0.05) is 33.6 Å². The first kappa shape index (κ1) is 13.0. The fourth-order valence-electron chi connectivity index (χ4n) is 1.18. The maximum atomic E-state index is 5.85. The fourth-order valence-corrected chi connectivity index (χ4v) is 2.00. The Bertz CT molecular complexity index is 307. The van der Waals surface area contributed by atoms with Crippen LogP contribution in [0.25, 0.3) is 0 Å². The van der Waals surface area contributed by atoms with E-state index in [2.05, 4.69) is 21.2 Å². The molecule has 0 aliphatic rings. The fraction of sp³-hybridized carbons (Fsp3) is 0.455. The number of ether oxygens (including phenoxy) is 1. The zero-order valence-electron chi connectivity index (χ0n) is 8.72. The lowest BCUT2D eigenvalue weighted by molar-refractivity contribution is 0.149.